The van der Waals surface area contributed by atoms with E-state index in [0.29, 0.717) is 13.0 Å². The Kier molecular flexibility index (Phi) is 6.80. The summed E-state index contributed by atoms with van der Waals surface area (Å²) in [5, 5.41) is 2.64. The Labute approximate surface area is 103 Å². The van der Waals surface area contributed by atoms with Crippen LogP contribution in [-0.4, -0.2) is 31.6 Å². The van der Waals surface area contributed by atoms with E-state index in [9.17, 15) is 9.59 Å². The fraction of sp³-hybridized carbons (Fsp3) is 0.833. The Morgan fingerprint density at radius 1 is 1.35 bits per heavy atom. The van der Waals surface area contributed by atoms with Crippen LogP contribution in [0.25, 0.3) is 0 Å². The predicted octanol–water partition coefficient (Wildman–Crippen LogP) is 0.819. The number of esters is 1. The van der Waals surface area contributed by atoms with Crippen molar-refractivity contribution < 1.29 is 14.3 Å². The summed E-state index contributed by atoms with van der Waals surface area (Å²) in [5.74, 6) is -0.449. The van der Waals surface area contributed by atoms with Gasteiger partial charge in [0.25, 0.3) is 0 Å². The van der Waals surface area contributed by atoms with Crippen LogP contribution in [0.2, 0.25) is 0 Å². The number of hydrogen-bond donors (Lipinski definition) is 2. The van der Waals surface area contributed by atoms with Gasteiger partial charge in [-0.1, -0.05) is 20.8 Å². The van der Waals surface area contributed by atoms with Crippen molar-refractivity contribution in [2.45, 2.75) is 46.1 Å². The Morgan fingerprint density at radius 2 is 1.94 bits per heavy atom. The van der Waals surface area contributed by atoms with Gasteiger partial charge in [-0.2, -0.15) is 0 Å². The molecule has 1 atom stereocenters. The monoisotopic (exact) mass is 244 g/mol. The predicted molar refractivity (Wildman–Crippen MR) is 66.3 cm³/mol. The van der Waals surface area contributed by atoms with Gasteiger partial charge >= 0.3 is 5.97 Å². The first kappa shape index (κ1) is 15.9. The molecule has 0 radical (unpaired) electrons. The quantitative estimate of drug-likeness (QED) is 0.678. The highest BCUT2D eigenvalue weighted by Gasteiger charge is 2.17. The van der Waals surface area contributed by atoms with Crippen molar-refractivity contribution in [3.63, 3.8) is 0 Å². The first-order valence-corrected chi connectivity index (χ1v) is 5.83. The third kappa shape index (κ3) is 9.81. The number of ether oxygens (including phenoxy) is 1. The molecule has 0 aliphatic rings. The number of nitrogens with two attached hydrogens (primary N) is 1. The molecule has 0 saturated carbocycles. The largest absolute Gasteiger partial charge is 0.469 e. The van der Waals surface area contributed by atoms with E-state index in [-0.39, 0.29) is 29.8 Å². The third-order valence-electron chi connectivity index (χ3n) is 2.20. The molecule has 0 fully saturated rings. The van der Waals surface area contributed by atoms with Crippen LogP contribution in [0.5, 0.6) is 0 Å². The van der Waals surface area contributed by atoms with E-state index >= 15 is 0 Å². The summed E-state index contributed by atoms with van der Waals surface area (Å²) in [6.45, 7) is 6.56. The normalized spacial score (nSPS) is 13.0. The van der Waals surface area contributed by atoms with Gasteiger partial charge in [0.1, 0.15) is 0 Å². The minimum absolute atomic E-state index is 0.117. The summed E-state index contributed by atoms with van der Waals surface area (Å²) in [5.41, 5.74) is 5.98. The Hall–Kier alpha value is -1.10. The van der Waals surface area contributed by atoms with Crippen molar-refractivity contribution in [2.75, 3.05) is 13.7 Å². The van der Waals surface area contributed by atoms with Gasteiger partial charge in [0.05, 0.1) is 13.5 Å². The maximum Gasteiger partial charge on any atom is 0.307 e. The summed E-state index contributed by atoms with van der Waals surface area (Å²) in [6, 6.07) is -0.145. The highest BCUT2D eigenvalue weighted by molar-refractivity contribution is 5.77. The molecule has 1 unspecified atom stereocenters. The number of carbonyl (C=O) groups is 2. The van der Waals surface area contributed by atoms with Gasteiger partial charge in [-0.3, -0.25) is 9.59 Å². The highest BCUT2D eigenvalue weighted by atomic mass is 16.5. The SMILES string of the molecule is COC(=O)CCNC(=O)CC(N)CC(C)(C)C. The van der Waals surface area contributed by atoms with Gasteiger partial charge in [0.15, 0.2) is 0 Å². The fourth-order valence-electron chi connectivity index (χ4n) is 1.58. The maximum atomic E-state index is 11.5. The van der Waals surface area contributed by atoms with Gasteiger partial charge in [-0.05, 0) is 11.8 Å². The first-order valence-electron chi connectivity index (χ1n) is 5.83. The number of nitrogens with one attached hydrogen (secondary N) is 1. The molecule has 17 heavy (non-hydrogen) atoms. The van der Waals surface area contributed by atoms with Crippen LogP contribution in [0.1, 0.15) is 40.0 Å². The van der Waals surface area contributed by atoms with Crippen molar-refractivity contribution in [1.82, 2.24) is 5.32 Å². The van der Waals surface area contributed by atoms with Crippen molar-refractivity contribution in [1.29, 1.82) is 0 Å². The van der Waals surface area contributed by atoms with E-state index in [1.165, 1.54) is 7.11 Å². The molecule has 5 nitrogen and oxygen atoms in total. The van der Waals surface area contributed by atoms with E-state index in [0.717, 1.165) is 6.42 Å². The van der Waals surface area contributed by atoms with Gasteiger partial charge in [-0.25, -0.2) is 0 Å². The minimum atomic E-state index is -0.329. The van der Waals surface area contributed by atoms with E-state index < -0.39 is 0 Å². The summed E-state index contributed by atoms with van der Waals surface area (Å²) in [7, 11) is 1.32. The van der Waals surface area contributed by atoms with E-state index in [1.54, 1.807) is 0 Å². The number of rotatable bonds is 6. The molecule has 0 aromatic rings. The molecule has 0 aliphatic carbocycles. The number of hydrogen-bond acceptors (Lipinski definition) is 4. The topological polar surface area (TPSA) is 81.4 Å². The van der Waals surface area contributed by atoms with E-state index in [4.69, 9.17) is 5.73 Å². The molecule has 0 spiro atoms. The summed E-state index contributed by atoms with van der Waals surface area (Å²) >= 11 is 0. The second-order valence-corrected chi connectivity index (χ2v) is 5.41. The van der Waals surface area contributed by atoms with Crippen LogP contribution in [0.15, 0.2) is 0 Å². The second-order valence-electron chi connectivity index (χ2n) is 5.41. The Balaban J connectivity index is 3.75. The zero-order valence-corrected chi connectivity index (χ0v) is 11.2. The molecule has 0 saturated heterocycles. The lowest BCUT2D eigenvalue weighted by Crippen LogP contribution is -2.35. The van der Waals surface area contributed by atoms with E-state index in [1.807, 2.05) is 0 Å². The van der Waals surface area contributed by atoms with Gasteiger partial charge in [-0.15, -0.1) is 0 Å². The number of carbonyl (C=O) groups excluding carboxylic acids is 2. The smallest absolute Gasteiger partial charge is 0.307 e. The van der Waals surface area contributed by atoms with Crippen molar-refractivity contribution in [3.05, 3.63) is 0 Å². The minimum Gasteiger partial charge on any atom is -0.469 e. The zero-order valence-electron chi connectivity index (χ0n) is 11.2. The molecule has 3 N–H and O–H groups in total. The maximum absolute atomic E-state index is 11.5. The molecule has 0 bridgehead atoms. The first-order chi connectivity index (χ1) is 7.74. The highest BCUT2D eigenvalue weighted by Crippen LogP contribution is 2.20. The molecular weight excluding hydrogens is 220 g/mol. The second kappa shape index (κ2) is 7.27. The van der Waals surface area contributed by atoms with Gasteiger partial charge in [0, 0.05) is 19.0 Å². The molecular formula is C12H24N2O3. The average Bonchev–Trinajstić information content (AvgIpc) is 2.13. The van der Waals surface area contributed by atoms with Crippen LogP contribution in [0, 0.1) is 5.41 Å². The van der Waals surface area contributed by atoms with Crippen LogP contribution >= 0.6 is 0 Å². The lowest BCUT2D eigenvalue weighted by Gasteiger charge is -2.22. The molecule has 5 heteroatoms. The van der Waals surface area contributed by atoms with Crippen LogP contribution in [0.3, 0.4) is 0 Å². The van der Waals surface area contributed by atoms with Crippen LogP contribution in [-0.2, 0) is 14.3 Å². The standard InChI is InChI=1S/C12H24N2O3/c1-12(2,3)8-9(13)7-10(15)14-6-5-11(16)17-4/h9H,5-8,13H2,1-4H3,(H,14,15). The summed E-state index contributed by atoms with van der Waals surface area (Å²) in [4.78, 5) is 22.3. The molecule has 0 rings (SSSR count). The van der Waals surface area contributed by atoms with Crippen molar-refractivity contribution in [3.8, 4) is 0 Å². The summed E-state index contributed by atoms with van der Waals surface area (Å²) in [6.07, 6.45) is 1.27. The van der Waals surface area contributed by atoms with Crippen LogP contribution in [0.4, 0.5) is 0 Å². The molecule has 0 aromatic heterocycles. The van der Waals surface area contributed by atoms with E-state index in [2.05, 4.69) is 30.8 Å². The fourth-order valence-corrected chi connectivity index (χ4v) is 1.58. The molecule has 1 amide bonds. The van der Waals surface area contributed by atoms with Gasteiger partial charge < -0.3 is 15.8 Å². The molecule has 0 aromatic carbocycles. The Morgan fingerprint density at radius 3 is 2.41 bits per heavy atom. The lowest BCUT2D eigenvalue weighted by atomic mass is 9.87. The van der Waals surface area contributed by atoms with Crippen molar-refractivity contribution in [2.24, 2.45) is 11.1 Å². The number of methoxy groups -OCH3 is 1. The van der Waals surface area contributed by atoms with Gasteiger partial charge in [0.2, 0.25) is 5.91 Å². The lowest BCUT2D eigenvalue weighted by molar-refractivity contribution is -0.140. The molecule has 0 heterocycles. The molecule has 0 aliphatic heterocycles. The Bertz CT molecular complexity index is 259. The number of amides is 1. The average molecular weight is 244 g/mol. The third-order valence-corrected chi connectivity index (χ3v) is 2.20. The zero-order chi connectivity index (χ0) is 13.5. The van der Waals surface area contributed by atoms with Crippen molar-refractivity contribution >= 4 is 11.9 Å². The van der Waals surface area contributed by atoms with Crippen LogP contribution < -0.4 is 11.1 Å². The summed E-state index contributed by atoms with van der Waals surface area (Å²) < 4.78 is 4.46. The molecule has 100 valence electrons.